The van der Waals surface area contributed by atoms with Gasteiger partial charge in [0.05, 0.1) is 0 Å². The number of hydrogen-bond donors (Lipinski definition) is 6. The van der Waals surface area contributed by atoms with Crippen LogP contribution in [0.3, 0.4) is 0 Å². The molecule has 0 aromatic carbocycles. The van der Waals surface area contributed by atoms with Gasteiger partial charge in [-0.25, -0.2) is 0 Å². The first kappa shape index (κ1) is 21.8. The normalized spacial score (nSPS) is 30.4. The Balaban J connectivity index is 1.44. The fourth-order valence-corrected chi connectivity index (χ4v) is 5.31. The quantitative estimate of drug-likeness (QED) is 0.160. The van der Waals surface area contributed by atoms with Gasteiger partial charge in [0, 0.05) is 0 Å². The van der Waals surface area contributed by atoms with Gasteiger partial charge in [-0.3, -0.25) is 0 Å². The van der Waals surface area contributed by atoms with E-state index in [4.69, 9.17) is 25.3 Å². The Morgan fingerprint density at radius 1 is 1.30 bits per heavy atom. The van der Waals surface area contributed by atoms with E-state index in [1.54, 1.807) is 4.90 Å². The van der Waals surface area contributed by atoms with Crippen molar-refractivity contribution in [2.45, 2.75) is 50.2 Å². The monoisotopic (exact) mass is 443 g/mol. The van der Waals surface area contributed by atoms with Crippen LogP contribution in [0, 0.1) is 0 Å². The van der Waals surface area contributed by atoms with E-state index >= 15 is 0 Å². The van der Waals surface area contributed by atoms with Crippen LogP contribution < -0.4 is 27.0 Å². The first-order valence-electron chi connectivity index (χ1n) is 10.4. The van der Waals surface area contributed by atoms with Gasteiger partial charge < -0.3 is 5.73 Å². The summed E-state index contributed by atoms with van der Waals surface area (Å²) in [5.74, 6) is 1.31. The third-order valence-electron chi connectivity index (χ3n) is 5.52. The molecular formula is C16H31BN7O5P. The molecule has 0 amide bonds. The number of rotatable bonds is 8. The molecule has 14 heteroatoms. The summed E-state index contributed by atoms with van der Waals surface area (Å²) in [6.45, 7) is 1.98. The summed E-state index contributed by atoms with van der Waals surface area (Å²) in [6, 6.07) is 0. The van der Waals surface area contributed by atoms with Crippen molar-refractivity contribution in [2.75, 3.05) is 47.6 Å². The van der Waals surface area contributed by atoms with E-state index in [9.17, 15) is 10.00 Å². The molecule has 3 aliphatic rings. The summed E-state index contributed by atoms with van der Waals surface area (Å²) >= 11 is 0. The minimum absolute atomic E-state index is 0.175. The van der Waals surface area contributed by atoms with Gasteiger partial charge in [0.25, 0.3) is 0 Å². The van der Waals surface area contributed by atoms with Crippen LogP contribution in [-0.2, 0) is 13.8 Å². The molecule has 0 aliphatic carbocycles. The number of anilines is 4. The molecule has 30 heavy (non-hydrogen) atoms. The molecule has 3 aliphatic heterocycles. The molecule has 0 radical (unpaired) electrons. The van der Waals surface area contributed by atoms with Crippen LogP contribution in [0.15, 0.2) is 0 Å². The third-order valence-corrected chi connectivity index (χ3v) is 6.93. The summed E-state index contributed by atoms with van der Waals surface area (Å²) in [5, 5.41) is 17.2. The summed E-state index contributed by atoms with van der Waals surface area (Å²) < 4.78 is 17.0. The third kappa shape index (κ3) is 4.42. The van der Waals surface area contributed by atoms with Crippen molar-refractivity contribution < 1.29 is 23.8 Å². The van der Waals surface area contributed by atoms with Crippen LogP contribution in [-0.4, -0.2) is 78.4 Å². The second kappa shape index (κ2) is 8.95. The second-order valence-corrected chi connectivity index (χ2v) is 10.2. The minimum atomic E-state index is -3.24. The topological polar surface area (TPSA) is 173 Å². The van der Waals surface area contributed by atoms with Crippen molar-refractivity contribution in [1.29, 1.82) is 0 Å². The van der Waals surface area contributed by atoms with Crippen LogP contribution >= 0.6 is 7.82 Å². The SMILES string of the molecule is B[PH]1(O)OCC2OC(N3CNc4c(N)nc(NCCCCCCN)nc43)C(O)[C@@H]2O1. The standard InChI is InChI=1S/C16H31BN7O5P/c17-30(26)27-7-9-12(29-30)11(25)15(28-9)24-8-21-10-13(19)22-16(23-14(10)24)20-6-4-2-1-3-5-18/h9,11-12,15,21,25-26,30H,1-8,17-18H2,(H3,19,20,22,23)/t9?,11?,12-,15?/m1/s1. The molecule has 2 saturated heterocycles. The molecule has 168 valence electrons. The van der Waals surface area contributed by atoms with E-state index in [-0.39, 0.29) is 6.61 Å². The maximum absolute atomic E-state index is 10.8. The average Bonchev–Trinajstić information content (AvgIpc) is 3.25. The molecule has 8 N–H and O–H groups in total. The van der Waals surface area contributed by atoms with Gasteiger partial charge in [0.1, 0.15) is 0 Å². The van der Waals surface area contributed by atoms with Gasteiger partial charge in [-0.05, 0) is 13.0 Å². The zero-order valence-electron chi connectivity index (χ0n) is 17.1. The Morgan fingerprint density at radius 2 is 2.10 bits per heavy atom. The number of nitrogen functional groups attached to an aromatic ring is 1. The molecule has 12 nitrogen and oxygen atoms in total. The molecular weight excluding hydrogens is 412 g/mol. The van der Waals surface area contributed by atoms with Gasteiger partial charge >= 0.3 is 151 Å². The molecule has 4 atom stereocenters. The van der Waals surface area contributed by atoms with Crippen molar-refractivity contribution in [3.8, 4) is 0 Å². The predicted octanol–water partition coefficient (Wildman–Crippen LogP) is -1.28. The van der Waals surface area contributed by atoms with Gasteiger partial charge in [0.2, 0.25) is 0 Å². The van der Waals surface area contributed by atoms with Gasteiger partial charge in [-0.1, -0.05) is 6.42 Å². The number of unbranched alkanes of at least 4 members (excludes halogenated alkanes) is 3. The van der Waals surface area contributed by atoms with E-state index in [1.165, 1.54) is 7.57 Å². The molecule has 1 aromatic rings. The number of aliphatic hydroxyl groups is 1. The second-order valence-electron chi connectivity index (χ2n) is 7.91. The number of fused-ring (bicyclic) bond motifs is 2. The van der Waals surface area contributed by atoms with Crippen LogP contribution in [0.1, 0.15) is 25.7 Å². The number of nitrogens with zero attached hydrogens (tertiary/aromatic N) is 3. The zero-order chi connectivity index (χ0) is 21.3. The van der Waals surface area contributed by atoms with E-state index < -0.39 is 32.4 Å². The fourth-order valence-electron chi connectivity index (χ4n) is 3.97. The Kier molecular flexibility index (Phi) is 6.49. The fraction of sp³-hybridized carbons (Fsp3) is 0.750. The molecule has 2 fully saturated rings. The molecule has 0 bridgehead atoms. The van der Waals surface area contributed by atoms with Gasteiger partial charge in [0.15, 0.2) is 0 Å². The zero-order valence-corrected chi connectivity index (χ0v) is 18.1. The predicted molar refractivity (Wildman–Crippen MR) is 118 cm³/mol. The number of nitrogens with one attached hydrogen (secondary N) is 2. The Morgan fingerprint density at radius 3 is 2.90 bits per heavy atom. The van der Waals surface area contributed by atoms with Crippen molar-refractivity contribution in [2.24, 2.45) is 5.73 Å². The Bertz CT molecular complexity index is 763. The van der Waals surface area contributed by atoms with Crippen LogP contribution in [0.2, 0.25) is 0 Å². The van der Waals surface area contributed by atoms with E-state index in [1.807, 2.05) is 0 Å². The molecule has 1 aromatic heterocycles. The first-order chi connectivity index (χ1) is 14.4. The molecule has 4 heterocycles. The number of aromatic nitrogens is 2. The molecule has 0 saturated carbocycles. The molecule has 0 spiro atoms. The summed E-state index contributed by atoms with van der Waals surface area (Å²) in [7, 11) is -1.72. The summed E-state index contributed by atoms with van der Waals surface area (Å²) in [5.41, 5.74) is 12.2. The van der Waals surface area contributed by atoms with Crippen LogP contribution in [0.25, 0.3) is 0 Å². The Hall–Kier alpha value is -1.47. The van der Waals surface area contributed by atoms with E-state index in [0.717, 1.165) is 32.2 Å². The van der Waals surface area contributed by atoms with Gasteiger partial charge in [-0.15, -0.1) is 0 Å². The van der Waals surface area contributed by atoms with Crippen molar-refractivity contribution in [3.05, 3.63) is 0 Å². The summed E-state index contributed by atoms with van der Waals surface area (Å²) in [6.07, 6.45) is 1.40. The number of ether oxygens (including phenoxy) is 1. The molecule has 3 unspecified atom stereocenters. The summed E-state index contributed by atoms with van der Waals surface area (Å²) in [4.78, 5) is 20.8. The van der Waals surface area contributed by atoms with E-state index in [2.05, 4.69) is 20.6 Å². The van der Waals surface area contributed by atoms with Gasteiger partial charge in [-0.2, -0.15) is 0 Å². The average molecular weight is 443 g/mol. The van der Waals surface area contributed by atoms with Crippen molar-refractivity contribution in [1.82, 2.24) is 9.97 Å². The number of hydrogen-bond acceptors (Lipinski definition) is 12. The van der Waals surface area contributed by atoms with Crippen molar-refractivity contribution >= 4 is 38.7 Å². The Labute approximate surface area is 176 Å². The number of aliphatic hydroxyl groups excluding tert-OH is 1. The number of nitrogens with two attached hydrogens (primary N) is 2. The maximum atomic E-state index is 10.8. The van der Waals surface area contributed by atoms with Crippen LogP contribution in [0.4, 0.5) is 23.3 Å². The first-order valence-corrected chi connectivity index (χ1v) is 12.7. The van der Waals surface area contributed by atoms with Crippen LogP contribution in [0.5, 0.6) is 0 Å². The molecule has 4 rings (SSSR count). The van der Waals surface area contributed by atoms with E-state index in [0.29, 0.717) is 36.5 Å². The van der Waals surface area contributed by atoms with Crippen molar-refractivity contribution in [3.63, 3.8) is 0 Å².